The van der Waals surface area contributed by atoms with Gasteiger partial charge in [0, 0.05) is 23.8 Å². The van der Waals surface area contributed by atoms with Crippen molar-refractivity contribution in [3.63, 3.8) is 0 Å². The van der Waals surface area contributed by atoms with Gasteiger partial charge in [0.15, 0.2) is 11.5 Å². The van der Waals surface area contributed by atoms with E-state index in [9.17, 15) is 5.11 Å². The number of phenols is 1. The van der Waals surface area contributed by atoms with Crippen molar-refractivity contribution in [3.05, 3.63) is 18.2 Å². The molecule has 1 aliphatic rings. The van der Waals surface area contributed by atoms with Crippen LogP contribution in [0.3, 0.4) is 0 Å². The van der Waals surface area contributed by atoms with Gasteiger partial charge in [0.1, 0.15) is 0 Å². The summed E-state index contributed by atoms with van der Waals surface area (Å²) in [6.07, 6.45) is 4.32. The topological polar surface area (TPSA) is 67.5 Å². The quantitative estimate of drug-likeness (QED) is 0.751. The smallest absolute Gasteiger partial charge is 0.160 e. The minimum absolute atomic E-state index is 0.171. The molecular weight excluding hydrogens is 216 g/mol. The van der Waals surface area contributed by atoms with Crippen LogP contribution < -0.4 is 15.8 Å². The summed E-state index contributed by atoms with van der Waals surface area (Å²) in [6.45, 7) is 0. The fourth-order valence-electron chi connectivity index (χ4n) is 2.28. The van der Waals surface area contributed by atoms with E-state index in [1.807, 2.05) is 6.07 Å². The third kappa shape index (κ3) is 3.03. The zero-order valence-electron chi connectivity index (χ0n) is 10.1. The van der Waals surface area contributed by atoms with E-state index in [4.69, 9.17) is 10.5 Å². The first kappa shape index (κ1) is 12.0. The summed E-state index contributed by atoms with van der Waals surface area (Å²) in [5, 5.41) is 13.1. The Morgan fingerprint density at radius 1 is 1.29 bits per heavy atom. The van der Waals surface area contributed by atoms with Gasteiger partial charge in [-0.3, -0.25) is 0 Å². The van der Waals surface area contributed by atoms with Crippen molar-refractivity contribution in [3.8, 4) is 11.5 Å². The van der Waals surface area contributed by atoms with Crippen LogP contribution in [-0.2, 0) is 0 Å². The van der Waals surface area contributed by atoms with Gasteiger partial charge in [-0.25, -0.2) is 0 Å². The van der Waals surface area contributed by atoms with Gasteiger partial charge < -0.3 is 20.9 Å². The molecule has 1 fully saturated rings. The van der Waals surface area contributed by atoms with Crippen LogP contribution in [0.25, 0.3) is 0 Å². The average molecular weight is 236 g/mol. The van der Waals surface area contributed by atoms with Crippen LogP contribution in [0, 0.1) is 0 Å². The molecule has 0 unspecified atom stereocenters. The van der Waals surface area contributed by atoms with Crippen LogP contribution in [0.15, 0.2) is 18.2 Å². The number of ether oxygens (including phenoxy) is 1. The molecule has 1 aromatic rings. The fourth-order valence-corrected chi connectivity index (χ4v) is 2.28. The van der Waals surface area contributed by atoms with E-state index in [1.54, 1.807) is 19.2 Å². The molecule has 0 saturated heterocycles. The van der Waals surface area contributed by atoms with E-state index in [2.05, 4.69) is 5.32 Å². The summed E-state index contributed by atoms with van der Waals surface area (Å²) in [5.74, 6) is 0.672. The zero-order chi connectivity index (χ0) is 12.3. The minimum Gasteiger partial charge on any atom is -0.504 e. The molecule has 0 heterocycles. The zero-order valence-corrected chi connectivity index (χ0v) is 10.1. The Labute approximate surface area is 102 Å². The van der Waals surface area contributed by atoms with Crippen LogP contribution in [0.1, 0.15) is 25.7 Å². The number of methoxy groups -OCH3 is 1. The summed E-state index contributed by atoms with van der Waals surface area (Å²) in [6, 6.07) is 6.21. The Hall–Kier alpha value is -1.42. The number of anilines is 1. The number of aromatic hydroxyl groups is 1. The first-order valence-electron chi connectivity index (χ1n) is 6.08. The molecule has 2 rings (SSSR count). The van der Waals surface area contributed by atoms with Crippen molar-refractivity contribution < 1.29 is 9.84 Å². The lowest BCUT2D eigenvalue weighted by Gasteiger charge is -2.27. The Morgan fingerprint density at radius 3 is 2.59 bits per heavy atom. The van der Waals surface area contributed by atoms with Gasteiger partial charge in [0.05, 0.1) is 7.11 Å². The van der Waals surface area contributed by atoms with Crippen molar-refractivity contribution in [2.75, 3.05) is 12.4 Å². The maximum atomic E-state index is 9.68. The largest absolute Gasteiger partial charge is 0.504 e. The lowest BCUT2D eigenvalue weighted by molar-refractivity contribution is 0.373. The summed E-state index contributed by atoms with van der Waals surface area (Å²) in [4.78, 5) is 0. The normalized spacial score (nSPS) is 24.4. The van der Waals surface area contributed by atoms with Crippen molar-refractivity contribution >= 4 is 5.69 Å². The van der Waals surface area contributed by atoms with Crippen molar-refractivity contribution in [2.24, 2.45) is 5.73 Å². The molecule has 94 valence electrons. The standard InChI is InChI=1S/C13H20N2O2/c1-17-13-7-6-11(8-12(13)16)15-10-4-2-9(14)3-5-10/h6-10,15-16H,2-5,14H2,1H3. The highest BCUT2D eigenvalue weighted by Crippen LogP contribution is 2.30. The van der Waals surface area contributed by atoms with Crippen LogP contribution in [-0.4, -0.2) is 24.3 Å². The lowest BCUT2D eigenvalue weighted by Crippen LogP contribution is -2.32. The molecule has 4 nitrogen and oxygen atoms in total. The van der Waals surface area contributed by atoms with E-state index >= 15 is 0 Å². The van der Waals surface area contributed by atoms with Gasteiger partial charge >= 0.3 is 0 Å². The molecule has 0 radical (unpaired) electrons. The summed E-state index contributed by atoms with van der Waals surface area (Å²) < 4.78 is 5.01. The van der Waals surface area contributed by atoms with Crippen molar-refractivity contribution in [1.29, 1.82) is 0 Å². The number of benzene rings is 1. The van der Waals surface area contributed by atoms with E-state index in [0.29, 0.717) is 17.8 Å². The molecule has 17 heavy (non-hydrogen) atoms. The minimum atomic E-state index is 0.171. The van der Waals surface area contributed by atoms with Gasteiger partial charge in [-0.05, 0) is 37.8 Å². The predicted octanol–water partition coefficient (Wildman–Crippen LogP) is 2.08. The Balaban J connectivity index is 1.97. The van der Waals surface area contributed by atoms with Crippen LogP contribution >= 0.6 is 0 Å². The lowest BCUT2D eigenvalue weighted by atomic mass is 9.91. The number of nitrogens with two attached hydrogens (primary N) is 1. The number of nitrogens with one attached hydrogen (secondary N) is 1. The van der Waals surface area contributed by atoms with Gasteiger partial charge in [-0.1, -0.05) is 0 Å². The van der Waals surface area contributed by atoms with Crippen molar-refractivity contribution in [2.45, 2.75) is 37.8 Å². The number of phenolic OH excluding ortho intramolecular Hbond substituents is 1. The van der Waals surface area contributed by atoms with Crippen LogP contribution in [0.4, 0.5) is 5.69 Å². The molecule has 4 heteroatoms. The molecule has 4 N–H and O–H groups in total. The monoisotopic (exact) mass is 236 g/mol. The predicted molar refractivity (Wildman–Crippen MR) is 68.5 cm³/mol. The van der Waals surface area contributed by atoms with Gasteiger partial charge in [-0.15, -0.1) is 0 Å². The number of hydrogen-bond donors (Lipinski definition) is 3. The molecule has 1 aromatic carbocycles. The van der Waals surface area contributed by atoms with Gasteiger partial charge in [-0.2, -0.15) is 0 Å². The highest BCUT2D eigenvalue weighted by Gasteiger charge is 2.18. The first-order valence-corrected chi connectivity index (χ1v) is 6.08. The fraction of sp³-hybridized carbons (Fsp3) is 0.538. The third-order valence-electron chi connectivity index (χ3n) is 3.32. The van der Waals surface area contributed by atoms with Gasteiger partial charge in [0.2, 0.25) is 0 Å². The third-order valence-corrected chi connectivity index (χ3v) is 3.32. The molecule has 0 amide bonds. The Kier molecular flexibility index (Phi) is 3.74. The number of hydrogen-bond acceptors (Lipinski definition) is 4. The summed E-state index contributed by atoms with van der Waals surface area (Å²) >= 11 is 0. The number of rotatable bonds is 3. The molecule has 1 aliphatic carbocycles. The maximum Gasteiger partial charge on any atom is 0.160 e. The molecule has 0 aliphatic heterocycles. The highest BCUT2D eigenvalue weighted by atomic mass is 16.5. The van der Waals surface area contributed by atoms with Gasteiger partial charge in [0.25, 0.3) is 0 Å². The van der Waals surface area contributed by atoms with E-state index in [0.717, 1.165) is 31.4 Å². The molecule has 0 bridgehead atoms. The molecule has 0 atom stereocenters. The average Bonchev–Trinajstić information content (AvgIpc) is 2.32. The highest BCUT2D eigenvalue weighted by molar-refractivity contribution is 5.54. The van der Waals surface area contributed by atoms with Crippen LogP contribution in [0.5, 0.6) is 11.5 Å². The SMILES string of the molecule is COc1ccc(NC2CCC(N)CC2)cc1O. The molecule has 1 saturated carbocycles. The second-order valence-electron chi connectivity index (χ2n) is 4.64. The molecular formula is C13H20N2O2. The second-order valence-corrected chi connectivity index (χ2v) is 4.64. The van der Waals surface area contributed by atoms with E-state index in [-0.39, 0.29) is 5.75 Å². The van der Waals surface area contributed by atoms with E-state index < -0.39 is 0 Å². The molecule has 0 spiro atoms. The van der Waals surface area contributed by atoms with Crippen molar-refractivity contribution in [1.82, 2.24) is 0 Å². The summed E-state index contributed by atoms with van der Waals surface area (Å²) in [5.41, 5.74) is 6.80. The van der Waals surface area contributed by atoms with E-state index in [1.165, 1.54) is 0 Å². The first-order chi connectivity index (χ1) is 8.19. The summed E-state index contributed by atoms with van der Waals surface area (Å²) in [7, 11) is 1.55. The second kappa shape index (κ2) is 5.27. The Bertz CT molecular complexity index is 374. The Morgan fingerprint density at radius 2 is 2.00 bits per heavy atom. The molecule has 0 aromatic heterocycles. The van der Waals surface area contributed by atoms with Crippen LogP contribution in [0.2, 0.25) is 0 Å². The maximum absolute atomic E-state index is 9.68.